The molecule has 2 rings (SSSR count). The average molecular weight is 221 g/mol. The summed E-state index contributed by atoms with van der Waals surface area (Å²) in [5.74, 6) is 0.403. The minimum Gasteiger partial charge on any atom is -0.385 e. The van der Waals surface area contributed by atoms with Crippen molar-refractivity contribution in [3.8, 4) is 0 Å². The Labute approximate surface area is 98.5 Å². The molecule has 1 atom stereocenters. The fraction of sp³-hybridized carbons (Fsp3) is 0.786. The molecule has 0 fully saturated rings. The van der Waals surface area contributed by atoms with Gasteiger partial charge in [0.25, 0.3) is 0 Å². The number of Topliss-reactive ketones (excluding diaryl/α,β-unsaturated/α-hetero) is 1. The topological polar surface area (TPSA) is 29.1 Å². The van der Waals surface area contributed by atoms with Gasteiger partial charge in [-0.15, -0.1) is 0 Å². The van der Waals surface area contributed by atoms with Crippen molar-refractivity contribution < 1.29 is 4.79 Å². The maximum absolute atomic E-state index is 11.7. The molecule has 0 spiro atoms. The Morgan fingerprint density at radius 3 is 2.94 bits per heavy atom. The van der Waals surface area contributed by atoms with E-state index in [1.165, 1.54) is 31.4 Å². The number of nitrogens with one attached hydrogen (secondary N) is 1. The molecular weight excluding hydrogens is 198 g/mol. The molecule has 1 heterocycles. The van der Waals surface area contributed by atoms with E-state index in [1.54, 1.807) is 0 Å². The van der Waals surface area contributed by atoms with E-state index in [0.29, 0.717) is 11.8 Å². The first-order valence-electron chi connectivity index (χ1n) is 6.83. The monoisotopic (exact) mass is 221 g/mol. The van der Waals surface area contributed by atoms with Crippen LogP contribution < -0.4 is 5.32 Å². The van der Waals surface area contributed by atoms with Crippen molar-refractivity contribution in [1.29, 1.82) is 0 Å². The molecule has 0 aromatic heterocycles. The van der Waals surface area contributed by atoms with Crippen molar-refractivity contribution in [1.82, 2.24) is 5.32 Å². The smallest absolute Gasteiger partial charge is 0.160 e. The highest BCUT2D eigenvalue weighted by atomic mass is 16.1. The van der Waals surface area contributed by atoms with E-state index >= 15 is 0 Å². The molecule has 2 aliphatic rings. The SMILES string of the molecule is CCCCC[C@@H]1CCC2=C(CCCC2=O)N1. The quantitative estimate of drug-likeness (QED) is 0.738. The summed E-state index contributed by atoms with van der Waals surface area (Å²) in [7, 11) is 0. The summed E-state index contributed by atoms with van der Waals surface area (Å²) in [5.41, 5.74) is 2.40. The second-order valence-electron chi connectivity index (χ2n) is 5.11. The maximum atomic E-state index is 11.7. The van der Waals surface area contributed by atoms with Crippen molar-refractivity contribution in [2.24, 2.45) is 0 Å². The van der Waals surface area contributed by atoms with Gasteiger partial charge in [-0.1, -0.05) is 26.2 Å². The van der Waals surface area contributed by atoms with Crippen LogP contribution >= 0.6 is 0 Å². The van der Waals surface area contributed by atoms with Gasteiger partial charge >= 0.3 is 0 Å². The normalized spacial score (nSPS) is 25.3. The van der Waals surface area contributed by atoms with Gasteiger partial charge in [-0.25, -0.2) is 0 Å². The van der Waals surface area contributed by atoms with Crippen LogP contribution in [0.3, 0.4) is 0 Å². The molecule has 0 amide bonds. The van der Waals surface area contributed by atoms with E-state index in [1.807, 2.05) is 0 Å². The zero-order valence-electron chi connectivity index (χ0n) is 10.3. The molecule has 0 radical (unpaired) electrons. The third kappa shape index (κ3) is 2.66. The summed E-state index contributed by atoms with van der Waals surface area (Å²) in [5, 5.41) is 3.60. The molecule has 0 bridgehead atoms. The van der Waals surface area contributed by atoms with E-state index in [0.717, 1.165) is 37.7 Å². The average Bonchev–Trinajstić information content (AvgIpc) is 2.30. The summed E-state index contributed by atoms with van der Waals surface area (Å²) in [6.45, 7) is 2.24. The lowest BCUT2D eigenvalue weighted by atomic mass is 9.86. The Morgan fingerprint density at radius 1 is 1.25 bits per heavy atom. The molecule has 0 saturated carbocycles. The van der Waals surface area contributed by atoms with E-state index in [-0.39, 0.29) is 0 Å². The van der Waals surface area contributed by atoms with Gasteiger partial charge in [0.15, 0.2) is 5.78 Å². The first kappa shape index (κ1) is 11.7. The molecule has 2 heteroatoms. The lowest BCUT2D eigenvalue weighted by molar-refractivity contribution is -0.116. The third-order valence-corrected chi connectivity index (χ3v) is 3.81. The molecule has 16 heavy (non-hydrogen) atoms. The molecule has 90 valence electrons. The molecule has 2 nitrogen and oxygen atoms in total. The van der Waals surface area contributed by atoms with Crippen LogP contribution in [0.25, 0.3) is 0 Å². The molecule has 0 aromatic carbocycles. The van der Waals surface area contributed by atoms with Crippen LogP contribution in [0.15, 0.2) is 11.3 Å². The fourth-order valence-electron chi connectivity index (χ4n) is 2.84. The van der Waals surface area contributed by atoms with Crippen LogP contribution in [0.5, 0.6) is 0 Å². The van der Waals surface area contributed by atoms with E-state index < -0.39 is 0 Å². The zero-order chi connectivity index (χ0) is 11.4. The molecule has 0 unspecified atom stereocenters. The van der Waals surface area contributed by atoms with E-state index in [9.17, 15) is 4.79 Å². The Morgan fingerprint density at radius 2 is 2.12 bits per heavy atom. The number of allylic oxidation sites excluding steroid dienone is 2. The van der Waals surface area contributed by atoms with Crippen molar-refractivity contribution in [2.75, 3.05) is 0 Å². The van der Waals surface area contributed by atoms with Gasteiger partial charge in [0.2, 0.25) is 0 Å². The first-order chi connectivity index (χ1) is 7.81. The maximum Gasteiger partial charge on any atom is 0.160 e. The molecule has 1 aliphatic heterocycles. The summed E-state index contributed by atoms with van der Waals surface area (Å²) in [6, 6.07) is 0.635. The number of ketones is 1. The van der Waals surface area contributed by atoms with Crippen molar-refractivity contribution >= 4 is 5.78 Å². The van der Waals surface area contributed by atoms with Gasteiger partial charge in [-0.3, -0.25) is 4.79 Å². The highest BCUT2D eigenvalue weighted by Crippen LogP contribution is 2.29. The largest absolute Gasteiger partial charge is 0.385 e. The highest BCUT2D eigenvalue weighted by Gasteiger charge is 2.26. The standard InChI is InChI=1S/C14H23NO/c1-2-3-4-6-11-9-10-12-13(15-11)7-5-8-14(12)16/h11,15H,2-10H2,1H3/t11-/m1/s1. The number of unbranched alkanes of at least 4 members (excludes halogenated alkanes) is 2. The molecule has 0 saturated heterocycles. The Kier molecular flexibility index (Phi) is 4.03. The molecule has 1 N–H and O–H groups in total. The second kappa shape index (κ2) is 5.51. The summed E-state index contributed by atoms with van der Waals surface area (Å²) < 4.78 is 0. The van der Waals surface area contributed by atoms with Gasteiger partial charge in [-0.05, 0) is 32.1 Å². The summed E-state index contributed by atoms with van der Waals surface area (Å²) >= 11 is 0. The first-order valence-corrected chi connectivity index (χ1v) is 6.83. The number of hydrogen-bond acceptors (Lipinski definition) is 2. The fourth-order valence-corrected chi connectivity index (χ4v) is 2.84. The van der Waals surface area contributed by atoms with E-state index in [2.05, 4.69) is 12.2 Å². The van der Waals surface area contributed by atoms with Crippen LogP contribution in [0.1, 0.15) is 64.7 Å². The molecule has 0 aromatic rings. The predicted octanol–water partition coefficient (Wildman–Crippen LogP) is 3.33. The van der Waals surface area contributed by atoms with Crippen LogP contribution in [0, 0.1) is 0 Å². The van der Waals surface area contributed by atoms with Gasteiger partial charge in [0, 0.05) is 23.7 Å². The van der Waals surface area contributed by atoms with Gasteiger partial charge in [0.05, 0.1) is 0 Å². The highest BCUT2D eigenvalue weighted by molar-refractivity contribution is 5.96. The lowest BCUT2D eigenvalue weighted by Gasteiger charge is -2.31. The minimum absolute atomic E-state index is 0.403. The number of carbonyl (C=O) groups is 1. The van der Waals surface area contributed by atoms with Crippen LogP contribution in [0.2, 0.25) is 0 Å². The molecular formula is C14H23NO. The van der Waals surface area contributed by atoms with Crippen LogP contribution in [0.4, 0.5) is 0 Å². The second-order valence-corrected chi connectivity index (χ2v) is 5.11. The minimum atomic E-state index is 0.403. The summed E-state index contributed by atoms with van der Waals surface area (Å²) in [4.78, 5) is 11.7. The van der Waals surface area contributed by atoms with Gasteiger partial charge in [-0.2, -0.15) is 0 Å². The third-order valence-electron chi connectivity index (χ3n) is 3.81. The lowest BCUT2D eigenvalue weighted by Crippen LogP contribution is -2.36. The Balaban J connectivity index is 1.88. The number of hydrogen-bond donors (Lipinski definition) is 1. The number of carbonyl (C=O) groups excluding carboxylic acids is 1. The van der Waals surface area contributed by atoms with Gasteiger partial charge < -0.3 is 5.32 Å². The Bertz CT molecular complexity index is 293. The van der Waals surface area contributed by atoms with Crippen LogP contribution in [-0.2, 0) is 4.79 Å². The van der Waals surface area contributed by atoms with E-state index in [4.69, 9.17) is 0 Å². The Hall–Kier alpha value is -0.790. The number of rotatable bonds is 4. The van der Waals surface area contributed by atoms with Crippen molar-refractivity contribution in [2.45, 2.75) is 70.8 Å². The van der Waals surface area contributed by atoms with Crippen LogP contribution in [-0.4, -0.2) is 11.8 Å². The van der Waals surface area contributed by atoms with Crippen molar-refractivity contribution in [3.05, 3.63) is 11.3 Å². The van der Waals surface area contributed by atoms with Crippen molar-refractivity contribution in [3.63, 3.8) is 0 Å². The summed E-state index contributed by atoms with van der Waals surface area (Å²) in [6.07, 6.45) is 10.3. The van der Waals surface area contributed by atoms with Gasteiger partial charge in [0.1, 0.15) is 0 Å². The zero-order valence-corrected chi connectivity index (χ0v) is 10.3. The molecule has 1 aliphatic carbocycles. The predicted molar refractivity (Wildman–Crippen MR) is 66.2 cm³/mol.